The molecule has 2 aliphatic carbocycles. The fourth-order valence-electron chi connectivity index (χ4n) is 3.66. The van der Waals surface area contributed by atoms with Crippen molar-refractivity contribution in [3.63, 3.8) is 0 Å². The van der Waals surface area contributed by atoms with Gasteiger partial charge in [0.15, 0.2) is 0 Å². The highest BCUT2D eigenvalue weighted by Gasteiger charge is 2.49. The number of fused-ring (bicyclic) bond motifs is 2. The summed E-state index contributed by atoms with van der Waals surface area (Å²) >= 11 is 0. The third-order valence-electron chi connectivity index (χ3n) is 4.74. The van der Waals surface area contributed by atoms with Crippen LogP contribution in [-0.2, 0) is 9.59 Å². The minimum atomic E-state index is -0.946. The largest absolute Gasteiger partial charge is 0.480 e. The fourth-order valence-corrected chi connectivity index (χ4v) is 3.66. The van der Waals surface area contributed by atoms with E-state index in [9.17, 15) is 9.59 Å². The number of nitrogens with one attached hydrogen (secondary N) is 1. The van der Waals surface area contributed by atoms with E-state index in [1.54, 1.807) is 0 Å². The molecule has 5 unspecified atom stereocenters. The molecule has 0 aromatic rings. The topological polar surface area (TPSA) is 92.4 Å². The Morgan fingerprint density at radius 1 is 1.37 bits per heavy atom. The lowest BCUT2D eigenvalue weighted by Gasteiger charge is -2.28. The molecule has 0 aromatic heterocycles. The lowest BCUT2D eigenvalue weighted by Crippen LogP contribution is -2.50. The van der Waals surface area contributed by atoms with Crippen LogP contribution in [0.3, 0.4) is 0 Å². The van der Waals surface area contributed by atoms with Crippen LogP contribution >= 0.6 is 0 Å². The molecule has 2 rings (SSSR count). The Bertz CT molecular complexity index is 357. The molecule has 0 saturated heterocycles. The first-order valence-electron chi connectivity index (χ1n) is 7.33. The van der Waals surface area contributed by atoms with E-state index in [0.717, 1.165) is 32.1 Å². The predicted molar refractivity (Wildman–Crippen MR) is 71.4 cm³/mol. The molecule has 2 fully saturated rings. The number of carboxylic acids is 1. The summed E-state index contributed by atoms with van der Waals surface area (Å²) in [7, 11) is 0. The van der Waals surface area contributed by atoms with Crippen LogP contribution in [0, 0.1) is 17.8 Å². The highest BCUT2D eigenvalue weighted by molar-refractivity contribution is 5.86. The molecule has 19 heavy (non-hydrogen) atoms. The third kappa shape index (κ3) is 2.91. The van der Waals surface area contributed by atoms with Crippen molar-refractivity contribution < 1.29 is 14.7 Å². The van der Waals surface area contributed by atoms with Gasteiger partial charge in [-0.1, -0.05) is 19.8 Å². The predicted octanol–water partition coefficient (Wildman–Crippen LogP) is 1.12. The normalized spacial score (nSPS) is 34.2. The van der Waals surface area contributed by atoms with E-state index in [-0.39, 0.29) is 17.9 Å². The van der Waals surface area contributed by atoms with Gasteiger partial charge in [-0.3, -0.25) is 4.79 Å². The number of unbranched alkanes of at least 4 members (excludes halogenated alkanes) is 1. The maximum Gasteiger partial charge on any atom is 0.326 e. The highest BCUT2D eigenvalue weighted by atomic mass is 16.4. The standard InChI is InChI=1S/C14H24N2O3/c1-2-3-4-10(14(18)19)16-13(17)11-8-5-6-9(7-8)12(11)15/h8-12H,2-7,15H2,1H3,(H,16,17)(H,18,19). The van der Waals surface area contributed by atoms with Crippen LogP contribution in [0.25, 0.3) is 0 Å². The van der Waals surface area contributed by atoms with Crippen molar-refractivity contribution in [3.05, 3.63) is 0 Å². The van der Waals surface area contributed by atoms with Crippen molar-refractivity contribution in [3.8, 4) is 0 Å². The second-order valence-electron chi connectivity index (χ2n) is 5.98. The Hall–Kier alpha value is -1.10. The Balaban J connectivity index is 1.94. The van der Waals surface area contributed by atoms with E-state index in [1.165, 1.54) is 0 Å². The maximum absolute atomic E-state index is 12.3. The Morgan fingerprint density at radius 3 is 2.58 bits per heavy atom. The van der Waals surface area contributed by atoms with E-state index in [4.69, 9.17) is 10.8 Å². The van der Waals surface area contributed by atoms with Crippen LogP contribution in [0.2, 0.25) is 0 Å². The summed E-state index contributed by atoms with van der Waals surface area (Å²) in [5, 5.41) is 11.8. The van der Waals surface area contributed by atoms with E-state index in [2.05, 4.69) is 5.32 Å². The summed E-state index contributed by atoms with van der Waals surface area (Å²) < 4.78 is 0. The molecule has 0 aliphatic heterocycles. The Labute approximate surface area is 113 Å². The van der Waals surface area contributed by atoms with Crippen LogP contribution in [0.4, 0.5) is 0 Å². The molecule has 2 saturated carbocycles. The van der Waals surface area contributed by atoms with Gasteiger partial charge in [0.05, 0.1) is 5.92 Å². The SMILES string of the molecule is CCCCC(NC(=O)C1C2CCC(C2)C1N)C(=O)O. The number of nitrogens with two attached hydrogens (primary N) is 1. The molecule has 5 atom stereocenters. The number of hydrogen-bond donors (Lipinski definition) is 3. The molecule has 1 amide bonds. The van der Waals surface area contributed by atoms with Gasteiger partial charge in [0, 0.05) is 6.04 Å². The molecule has 108 valence electrons. The van der Waals surface area contributed by atoms with Crippen molar-refractivity contribution in [2.24, 2.45) is 23.5 Å². The zero-order valence-electron chi connectivity index (χ0n) is 11.5. The Kier molecular flexibility index (Phi) is 4.45. The van der Waals surface area contributed by atoms with Gasteiger partial charge < -0.3 is 16.2 Å². The second kappa shape index (κ2) is 5.90. The average molecular weight is 268 g/mol. The van der Waals surface area contributed by atoms with Crippen LogP contribution < -0.4 is 11.1 Å². The van der Waals surface area contributed by atoms with E-state index in [1.807, 2.05) is 6.92 Å². The van der Waals surface area contributed by atoms with Gasteiger partial charge in [0.25, 0.3) is 0 Å². The minimum absolute atomic E-state index is 0.0839. The molecule has 2 aliphatic rings. The molecule has 0 aromatic carbocycles. The zero-order chi connectivity index (χ0) is 14.0. The number of rotatable bonds is 6. The summed E-state index contributed by atoms with van der Waals surface area (Å²) in [5.74, 6) is -0.454. The number of carboxylic acid groups (broad SMARTS) is 1. The van der Waals surface area contributed by atoms with E-state index < -0.39 is 12.0 Å². The van der Waals surface area contributed by atoms with Crippen molar-refractivity contribution in [2.45, 2.75) is 57.5 Å². The van der Waals surface area contributed by atoms with Crippen molar-refractivity contribution in [1.29, 1.82) is 0 Å². The first-order chi connectivity index (χ1) is 9.04. The third-order valence-corrected chi connectivity index (χ3v) is 4.74. The highest BCUT2D eigenvalue weighted by Crippen LogP contribution is 2.47. The van der Waals surface area contributed by atoms with Crippen molar-refractivity contribution in [1.82, 2.24) is 5.32 Å². The lowest BCUT2D eigenvalue weighted by molar-refractivity contribution is -0.143. The molecular weight excluding hydrogens is 244 g/mol. The maximum atomic E-state index is 12.3. The first-order valence-corrected chi connectivity index (χ1v) is 7.33. The minimum Gasteiger partial charge on any atom is -0.480 e. The molecule has 2 bridgehead atoms. The van der Waals surface area contributed by atoms with Crippen LogP contribution in [0.1, 0.15) is 45.4 Å². The van der Waals surface area contributed by atoms with Gasteiger partial charge in [-0.2, -0.15) is 0 Å². The van der Waals surface area contributed by atoms with Crippen molar-refractivity contribution in [2.75, 3.05) is 0 Å². The monoisotopic (exact) mass is 268 g/mol. The molecule has 4 N–H and O–H groups in total. The number of hydrogen-bond acceptors (Lipinski definition) is 3. The number of carbonyl (C=O) groups is 2. The summed E-state index contributed by atoms with van der Waals surface area (Å²) in [6.45, 7) is 2.01. The van der Waals surface area contributed by atoms with E-state index in [0.29, 0.717) is 18.3 Å². The van der Waals surface area contributed by atoms with Crippen LogP contribution in [-0.4, -0.2) is 29.1 Å². The van der Waals surface area contributed by atoms with Gasteiger partial charge in [0.1, 0.15) is 6.04 Å². The van der Waals surface area contributed by atoms with Gasteiger partial charge in [0.2, 0.25) is 5.91 Å². The zero-order valence-corrected chi connectivity index (χ0v) is 11.5. The van der Waals surface area contributed by atoms with Crippen LogP contribution in [0.15, 0.2) is 0 Å². The van der Waals surface area contributed by atoms with Crippen LogP contribution in [0.5, 0.6) is 0 Å². The average Bonchev–Trinajstić information content (AvgIpc) is 2.94. The summed E-state index contributed by atoms with van der Waals surface area (Å²) in [5.41, 5.74) is 6.11. The summed E-state index contributed by atoms with van der Waals surface area (Å²) in [6, 6.07) is -0.849. The molecule has 0 radical (unpaired) electrons. The number of aliphatic carboxylic acids is 1. The second-order valence-corrected chi connectivity index (χ2v) is 5.98. The molecule has 0 spiro atoms. The van der Waals surface area contributed by atoms with Gasteiger partial charge in [-0.25, -0.2) is 4.79 Å². The first kappa shape index (κ1) is 14.3. The molecular formula is C14H24N2O3. The Morgan fingerprint density at radius 2 is 2.05 bits per heavy atom. The smallest absolute Gasteiger partial charge is 0.326 e. The van der Waals surface area contributed by atoms with E-state index >= 15 is 0 Å². The van der Waals surface area contributed by atoms with Gasteiger partial charge in [-0.05, 0) is 37.5 Å². The fraction of sp³-hybridized carbons (Fsp3) is 0.857. The number of amides is 1. The molecule has 5 heteroatoms. The molecule has 0 heterocycles. The molecule has 5 nitrogen and oxygen atoms in total. The summed E-state index contributed by atoms with van der Waals surface area (Å²) in [4.78, 5) is 23.4. The summed E-state index contributed by atoms with van der Waals surface area (Å²) in [6.07, 6.45) is 5.43. The number of carbonyl (C=O) groups excluding carboxylic acids is 1. The van der Waals surface area contributed by atoms with Crippen molar-refractivity contribution >= 4 is 11.9 Å². The lowest BCUT2D eigenvalue weighted by atomic mass is 9.84. The quantitative estimate of drug-likeness (QED) is 0.673. The van der Waals surface area contributed by atoms with Gasteiger partial charge >= 0.3 is 5.97 Å². The van der Waals surface area contributed by atoms with Gasteiger partial charge in [-0.15, -0.1) is 0 Å².